The Hall–Kier alpha value is -0.130. The highest BCUT2D eigenvalue weighted by molar-refractivity contribution is 7.89. The van der Waals surface area contributed by atoms with Gasteiger partial charge in [0.15, 0.2) is 0 Å². The van der Waals surface area contributed by atoms with E-state index in [1.54, 1.807) is 7.11 Å². The molecule has 1 fully saturated rings. The van der Waals surface area contributed by atoms with Crippen molar-refractivity contribution in [2.75, 3.05) is 26.0 Å². The summed E-state index contributed by atoms with van der Waals surface area (Å²) in [4.78, 5) is 0. The largest absolute Gasteiger partial charge is 0.384 e. The van der Waals surface area contributed by atoms with Crippen molar-refractivity contribution in [3.63, 3.8) is 0 Å². The standard InChI is InChI=1S/C11H23NO3S/c1-3-4-8-16(13,14)12-9-11(10-15-2)6-5-7-11/h12H,3-10H2,1-2H3. The molecule has 1 rings (SSSR count). The van der Waals surface area contributed by atoms with Gasteiger partial charge < -0.3 is 4.74 Å². The molecular weight excluding hydrogens is 226 g/mol. The summed E-state index contributed by atoms with van der Waals surface area (Å²) < 4.78 is 31.1. The second-order valence-corrected chi connectivity index (χ2v) is 6.71. The number of hydrogen-bond donors (Lipinski definition) is 1. The van der Waals surface area contributed by atoms with Crippen molar-refractivity contribution in [1.29, 1.82) is 0 Å². The van der Waals surface area contributed by atoms with Crippen LogP contribution >= 0.6 is 0 Å². The number of unbranched alkanes of at least 4 members (excludes halogenated alkanes) is 1. The SMILES string of the molecule is CCCCS(=O)(=O)NCC1(COC)CCC1. The molecule has 0 radical (unpaired) electrons. The third-order valence-electron chi connectivity index (χ3n) is 3.30. The first-order valence-electron chi connectivity index (χ1n) is 6.00. The van der Waals surface area contributed by atoms with Crippen molar-refractivity contribution in [3.05, 3.63) is 0 Å². The van der Waals surface area contributed by atoms with Gasteiger partial charge in [-0.1, -0.05) is 19.8 Å². The molecule has 4 nitrogen and oxygen atoms in total. The summed E-state index contributed by atoms with van der Waals surface area (Å²) in [6, 6.07) is 0. The molecule has 0 aromatic heterocycles. The lowest BCUT2D eigenvalue weighted by Gasteiger charge is -2.41. The highest BCUT2D eigenvalue weighted by Gasteiger charge is 2.37. The fourth-order valence-electron chi connectivity index (χ4n) is 2.02. The molecule has 0 saturated heterocycles. The lowest BCUT2D eigenvalue weighted by atomic mass is 9.69. The highest BCUT2D eigenvalue weighted by atomic mass is 32.2. The lowest BCUT2D eigenvalue weighted by molar-refractivity contribution is 0.0220. The Labute approximate surface area is 98.8 Å². The minimum absolute atomic E-state index is 0.0635. The van der Waals surface area contributed by atoms with Gasteiger partial charge in [-0.2, -0.15) is 0 Å². The van der Waals surface area contributed by atoms with E-state index in [0.29, 0.717) is 13.2 Å². The second kappa shape index (κ2) is 5.98. The van der Waals surface area contributed by atoms with Crippen LogP contribution < -0.4 is 4.72 Å². The Balaban J connectivity index is 2.37. The Morgan fingerprint density at radius 2 is 2.06 bits per heavy atom. The summed E-state index contributed by atoms with van der Waals surface area (Å²) in [6.07, 6.45) is 4.95. The molecule has 0 amide bonds. The predicted octanol–water partition coefficient (Wildman–Crippen LogP) is 1.52. The first-order chi connectivity index (χ1) is 7.54. The average molecular weight is 249 g/mol. The van der Waals surface area contributed by atoms with E-state index in [4.69, 9.17) is 4.74 Å². The van der Waals surface area contributed by atoms with Gasteiger partial charge in [0, 0.05) is 19.1 Å². The number of sulfonamides is 1. The van der Waals surface area contributed by atoms with E-state index >= 15 is 0 Å². The van der Waals surface area contributed by atoms with E-state index < -0.39 is 10.0 Å². The molecule has 16 heavy (non-hydrogen) atoms. The van der Waals surface area contributed by atoms with E-state index in [-0.39, 0.29) is 11.2 Å². The first-order valence-corrected chi connectivity index (χ1v) is 7.65. The zero-order valence-corrected chi connectivity index (χ0v) is 11.1. The Kier molecular flexibility index (Phi) is 5.21. The molecule has 0 aromatic rings. The zero-order valence-electron chi connectivity index (χ0n) is 10.3. The lowest BCUT2D eigenvalue weighted by Crippen LogP contribution is -2.45. The van der Waals surface area contributed by atoms with Crippen LogP contribution in [0.4, 0.5) is 0 Å². The summed E-state index contributed by atoms with van der Waals surface area (Å²) in [5.41, 5.74) is 0.0635. The van der Waals surface area contributed by atoms with Crippen molar-refractivity contribution in [3.8, 4) is 0 Å². The molecule has 1 aliphatic carbocycles. The number of methoxy groups -OCH3 is 1. The monoisotopic (exact) mass is 249 g/mol. The third kappa shape index (κ3) is 4.03. The summed E-state index contributed by atoms with van der Waals surface area (Å²) in [6.45, 7) is 3.18. The second-order valence-electron chi connectivity index (χ2n) is 4.78. The molecule has 0 spiro atoms. The van der Waals surface area contributed by atoms with E-state index in [9.17, 15) is 8.42 Å². The van der Waals surface area contributed by atoms with Crippen molar-refractivity contribution in [2.45, 2.75) is 39.0 Å². The van der Waals surface area contributed by atoms with Crippen LogP contribution in [0.25, 0.3) is 0 Å². The van der Waals surface area contributed by atoms with Crippen LogP contribution in [-0.2, 0) is 14.8 Å². The summed E-state index contributed by atoms with van der Waals surface area (Å²) in [7, 11) is -1.40. The van der Waals surface area contributed by atoms with E-state index in [1.807, 2.05) is 6.92 Å². The van der Waals surface area contributed by atoms with Gasteiger partial charge in [0.05, 0.1) is 12.4 Å². The van der Waals surface area contributed by atoms with Gasteiger partial charge in [-0.3, -0.25) is 0 Å². The minimum atomic E-state index is -3.08. The predicted molar refractivity (Wildman–Crippen MR) is 64.9 cm³/mol. The minimum Gasteiger partial charge on any atom is -0.384 e. The fourth-order valence-corrected chi connectivity index (χ4v) is 3.36. The van der Waals surface area contributed by atoms with Gasteiger partial charge in [0.25, 0.3) is 0 Å². The molecule has 1 saturated carbocycles. The van der Waals surface area contributed by atoms with Crippen LogP contribution in [0.15, 0.2) is 0 Å². The Morgan fingerprint density at radius 1 is 1.38 bits per heavy atom. The van der Waals surface area contributed by atoms with Crippen LogP contribution in [0.1, 0.15) is 39.0 Å². The summed E-state index contributed by atoms with van der Waals surface area (Å²) in [5, 5.41) is 0. The molecular formula is C11H23NO3S. The van der Waals surface area contributed by atoms with Crippen molar-refractivity contribution < 1.29 is 13.2 Å². The van der Waals surface area contributed by atoms with E-state index in [2.05, 4.69) is 4.72 Å². The van der Waals surface area contributed by atoms with Gasteiger partial charge in [-0.05, 0) is 19.3 Å². The molecule has 0 bridgehead atoms. The van der Waals surface area contributed by atoms with Crippen molar-refractivity contribution >= 4 is 10.0 Å². The number of hydrogen-bond acceptors (Lipinski definition) is 3. The molecule has 1 aliphatic rings. The maximum Gasteiger partial charge on any atom is 0.211 e. The molecule has 0 aliphatic heterocycles. The van der Waals surface area contributed by atoms with Gasteiger partial charge >= 0.3 is 0 Å². The zero-order chi connectivity index (χ0) is 12.1. The Morgan fingerprint density at radius 3 is 2.50 bits per heavy atom. The van der Waals surface area contributed by atoms with Gasteiger partial charge in [0.1, 0.15) is 0 Å². The molecule has 0 aromatic carbocycles. The molecule has 0 unspecified atom stereocenters. The fraction of sp³-hybridized carbons (Fsp3) is 1.00. The molecule has 96 valence electrons. The molecule has 1 N–H and O–H groups in total. The number of ether oxygens (including phenoxy) is 1. The Bertz CT molecular complexity index is 296. The van der Waals surface area contributed by atoms with Gasteiger partial charge in [0.2, 0.25) is 10.0 Å². The van der Waals surface area contributed by atoms with E-state index in [1.165, 1.54) is 6.42 Å². The molecule has 0 heterocycles. The van der Waals surface area contributed by atoms with Crippen LogP contribution in [0.3, 0.4) is 0 Å². The number of rotatable bonds is 8. The summed E-state index contributed by atoms with van der Waals surface area (Å²) in [5.74, 6) is 0.243. The summed E-state index contributed by atoms with van der Waals surface area (Å²) >= 11 is 0. The van der Waals surface area contributed by atoms with Gasteiger partial charge in [-0.15, -0.1) is 0 Å². The highest BCUT2D eigenvalue weighted by Crippen LogP contribution is 2.40. The molecule has 0 atom stereocenters. The third-order valence-corrected chi connectivity index (χ3v) is 4.71. The number of nitrogens with one attached hydrogen (secondary N) is 1. The van der Waals surface area contributed by atoms with Crippen molar-refractivity contribution in [2.24, 2.45) is 5.41 Å². The first kappa shape index (κ1) is 13.9. The van der Waals surface area contributed by atoms with Crippen LogP contribution in [0, 0.1) is 5.41 Å². The van der Waals surface area contributed by atoms with E-state index in [0.717, 1.165) is 25.7 Å². The normalized spacial score (nSPS) is 19.4. The molecule has 5 heteroatoms. The van der Waals surface area contributed by atoms with Crippen LogP contribution in [-0.4, -0.2) is 34.4 Å². The van der Waals surface area contributed by atoms with Gasteiger partial charge in [-0.25, -0.2) is 13.1 Å². The maximum atomic E-state index is 11.6. The smallest absolute Gasteiger partial charge is 0.211 e. The van der Waals surface area contributed by atoms with Crippen LogP contribution in [0.5, 0.6) is 0 Å². The quantitative estimate of drug-likeness (QED) is 0.709. The average Bonchev–Trinajstić information content (AvgIpc) is 2.19. The van der Waals surface area contributed by atoms with Crippen molar-refractivity contribution in [1.82, 2.24) is 4.72 Å². The maximum absolute atomic E-state index is 11.6. The topological polar surface area (TPSA) is 55.4 Å². The van der Waals surface area contributed by atoms with Crippen LogP contribution in [0.2, 0.25) is 0 Å².